The van der Waals surface area contributed by atoms with Gasteiger partial charge in [0.15, 0.2) is 0 Å². The Hall–Kier alpha value is -1.58. The second kappa shape index (κ2) is 4.73. The largest absolute Gasteiger partial charge is 0.382 e. The molecule has 0 aliphatic heterocycles. The average molecular weight is 234 g/mol. The third-order valence-corrected chi connectivity index (χ3v) is 3.07. The molecule has 1 aliphatic rings. The van der Waals surface area contributed by atoms with Crippen LogP contribution in [0.1, 0.15) is 31.7 Å². The van der Waals surface area contributed by atoms with Gasteiger partial charge in [0.25, 0.3) is 5.69 Å². The fraction of sp³-hybridized carbons (Fsp3) is 0.538. The SMILES string of the molecule is Cc1cc(NC(C)CC2CC2)cc([N+](=O)[O-])c1. The minimum atomic E-state index is -0.344. The van der Waals surface area contributed by atoms with Crippen LogP contribution in [0.2, 0.25) is 0 Å². The molecular weight excluding hydrogens is 216 g/mol. The maximum atomic E-state index is 10.8. The van der Waals surface area contributed by atoms with Crippen molar-refractivity contribution in [3.05, 3.63) is 33.9 Å². The molecule has 0 amide bonds. The summed E-state index contributed by atoms with van der Waals surface area (Å²) in [7, 11) is 0. The Morgan fingerprint density at radius 1 is 1.47 bits per heavy atom. The zero-order valence-corrected chi connectivity index (χ0v) is 10.3. The van der Waals surface area contributed by atoms with Gasteiger partial charge in [-0.2, -0.15) is 0 Å². The Kier molecular flexibility index (Phi) is 3.31. The summed E-state index contributed by atoms with van der Waals surface area (Å²) < 4.78 is 0. The lowest BCUT2D eigenvalue weighted by Gasteiger charge is -2.15. The van der Waals surface area contributed by atoms with Crippen molar-refractivity contribution in [2.75, 3.05) is 5.32 Å². The van der Waals surface area contributed by atoms with Crippen molar-refractivity contribution in [1.29, 1.82) is 0 Å². The predicted molar refractivity (Wildman–Crippen MR) is 68.3 cm³/mol. The monoisotopic (exact) mass is 234 g/mol. The number of hydrogen-bond donors (Lipinski definition) is 1. The molecule has 1 atom stereocenters. The minimum Gasteiger partial charge on any atom is -0.382 e. The van der Waals surface area contributed by atoms with Gasteiger partial charge in [-0.25, -0.2) is 0 Å². The van der Waals surface area contributed by atoms with Gasteiger partial charge >= 0.3 is 0 Å². The first-order valence-electron chi connectivity index (χ1n) is 6.07. The van der Waals surface area contributed by atoms with Crippen LogP contribution in [0.4, 0.5) is 11.4 Å². The van der Waals surface area contributed by atoms with Crippen molar-refractivity contribution in [3.8, 4) is 0 Å². The zero-order valence-electron chi connectivity index (χ0n) is 10.3. The van der Waals surface area contributed by atoms with Crippen molar-refractivity contribution in [2.45, 2.75) is 39.2 Å². The van der Waals surface area contributed by atoms with E-state index in [1.807, 2.05) is 13.0 Å². The van der Waals surface area contributed by atoms with Crippen LogP contribution >= 0.6 is 0 Å². The molecule has 92 valence electrons. The number of nitro groups is 1. The summed E-state index contributed by atoms with van der Waals surface area (Å²) in [6.07, 6.45) is 3.82. The highest BCUT2D eigenvalue weighted by Gasteiger charge is 2.23. The summed E-state index contributed by atoms with van der Waals surface area (Å²) in [6.45, 7) is 4.01. The number of benzene rings is 1. The number of aryl methyl sites for hydroxylation is 1. The van der Waals surface area contributed by atoms with Crippen LogP contribution in [-0.2, 0) is 0 Å². The second-order valence-electron chi connectivity index (χ2n) is 5.04. The van der Waals surface area contributed by atoms with Crippen LogP contribution in [0.15, 0.2) is 18.2 Å². The fourth-order valence-corrected chi connectivity index (χ4v) is 2.15. The highest BCUT2D eigenvalue weighted by Crippen LogP contribution is 2.34. The number of rotatable bonds is 5. The normalized spacial score (nSPS) is 16.6. The molecule has 0 heterocycles. The lowest BCUT2D eigenvalue weighted by molar-refractivity contribution is -0.384. The molecule has 0 spiro atoms. The summed E-state index contributed by atoms with van der Waals surface area (Å²) in [5, 5.41) is 14.1. The van der Waals surface area contributed by atoms with Crippen LogP contribution in [0.3, 0.4) is 0 Å². The number of anilines is 1. The molecule has 17 heavy (non-hydrogen) atoms. The summed E-state index contributed by atoms with van der Waals surface area (Å²) >= 11 is 0. The topological polar surface area (TPSA) is 55.2 Å². The molecule has 1 aromatic rings. The van der Waals surface area contributed by atoms with Crippen LogP contribution in [0.25, 0.3) is 0 Å². The van der Waals surface area contributed by atoms with E-state index >= 15 is 0 Å². The summed E-state index contributed by atoms with van der Waals surface area (Å²) in [5.41, 5.74) is 1.93. The standard InChI is InChI=1S/C13H18N2O2/c1-9-5-12(8-13(6-9)15(16)17)14-10(2)7-11-3-4-11/h5-6,8,10-11,14H,3-4,7H2,1-2H3. The lowest BCUT2D eigenvalue weighted by atomic mass is 10.1. The van der Waals surface area contributed by atoms with E-state index in [9.17, 15) is 10.1 Å². The Labute approximate surface area is 101 Å². The first kappa shape index (κ1) is 11.9. The highest BCUT2D eigenvalue weighted by atomic mass is 16.6. The Bertz CT molecular complexity index is 427. The Morgan fingerprint density at radius 3 is 2.76 bits per heavy atom. The van der Waals surface area contributed by atoms with Crippen molar-refractivity contribution in [3.63, 3.8) is 0 Å². The van der Waals surface area contributed by atoms with Gasteiger partial charge < -0.3 is 5.32 Å². The maximum absolute atomic E-state index is 10.8. The molecule has 0 bridgehead atoms. The predicted octanol–water partition coefficient (Wildman–Crippen LogP) is 3.50. The molecule has 4 heteroatoms. The summed E-state index contributed by atoms with van der Waals surface area (Å²) in [4.78, 5) is 10.4. The van der Waals surface area contributed by atoms with E-state index in [1.165, 1.54) is 12.8 Å². The first-order valence-corrected chi connectivity index (χ1v) is 6.07. The fourth-order valence-electron chi connectivity index (χ4n) is 2.15. The Morgan fingerprint density at radius 2 is 2.18 bits per heavy atom. The molecule has 1 aromatic carbocycles. The zero-order chi connectivity index (χ0) is 12.4. The number of hydrogen-bond acceptors (Lipinski definition) is 3. The van der Waals surface area contributed by atoms with Gasteiger partial charge in [0.05, 0.1) is 4.92 Å². The molecule has 1 fully saturated rings. The molecule has 0 radical (unpaired) electrons. The van der Waals surface area contributed by atoms with Crippen molar-refractivity contribution < 1.29 is 4.92 Å². The average Bonchev–Trinajstić information content (AvgIpc) is 3.00. The van der Waals surface area contributed by atoms with Crippen LogP contribution in [-0.4, -0.2) is 11.0 Å². The van der Waals surface area contributed by atoms with Gasteiger partial charge in [-0.05, 0) is 37.8 Å². The van der Waals surface area contributed by atoms with Crippen LogP contribution in [0.5, 0.6) is 0 Å². The van der Waals surface area contributed by atoms with Crippen molar-refractivity contribution in [2.24, 2.45) is 5.92 Å². The molecule has 1 aliphatic carbocycles. The molecule has 1 N–H and O–H groups in total. The van der Waals surface area contributed by atoms with Gasteiger partial charge in [0.2, 0.25) is 0 Å². The van der Waals surface area contributed by atoms with E-state index in [4.69, 9.17) is 0 Å². The molecule has 1 saturated carbocycles. The molecule has 2 rings (SSSR count). The summed E-state index contributed by atoms with van der Waals surface area (Å²) in [6, 6.07) is 5.53. The highest BCUT2D eigenvalue weighted by molar-refractivity contribution is 5.54. The van der Waals surface area contributed by atoms with E-state index in [0.29, 0.717) is 6.04 Å². The molecule has 1 unspecified atom stereocenters. The van der Waals surface area contributed by atoms with Crippen LogP contribution in [0, 0.1) is 23.0 Å². The third kappa shape index (κ3) is 3.44. The van der Waals surface area contributed by atoms with Crippen molar-refractivity contribution >= 4 is 11.4 Å². The second-order valence-corrected chi connectivity index (χ2v) is 5.04. The van der Waals surface area contributed by atoms with Gasteiger partial charge in [-0.15, -0.1) is 0 Å². The molecule has 0 aromatic heterocycles. The molecule has 4 nitrogen and oxygen atoms in total. The maximum Gasteiger partial charge on any atom is 0.271 e. The molecule has 0 saturated heterocycles. The van der Waals surface area contributed by atoms with E-state index < -0.39 is 0 Å². The van der Waals surface area contributed by atoms with Crippen molar-refractivity contribution in [1.82, 2.24) is 0 Å². The van der Waals surface area contributed by atoms with E-state index in [1.54, 1.807) is 12.1 Å². The lowest BCUT2D eigenvalue weighted by Crippen LogP contribution is -2.15. The van der Waals surface area contributed by atoms with Gasteiger partial charge in [-0.1, -0.05) is 12.8 Å². The van der Waals surface area contributed by atoms with Gasteiger partial charge in [0.1, 0.15) is 0 Å². The third-order valence-electron chi connectivity index (χ3n) is 3.07. The smallest absolute Gasteiger partial charge is 0.271 e. The number of nitrogens with one attached hydrogen (secondary N) is 1. The van der Waals surface area contributed by atoms with Crippen LogP contribution < -0.4 is 5.32 Å². The van der Waals surface area contributed by atoms with E-state index in [-0.39, 0.29) is 10.6 Å². The minimum absolute atomic E-state index is 0.158. The summed E-state index contributed by atoms with van der Waals surface area (Å²) in [5.74, 6) is 0.859. The Balaban J connectivity index is 2.05. The number of nitro benzene ring substituents is 1. The van der Waals surface area contributed by atoms with E-state index in [2.05, 4.69) is 12.2 Å². The van der Waals surface area contributed by atoms with Gasteiger partial charge in [0, 0.05) is 23.9 Å². The number of non-ortho nitro benzene ring substituents is 1. The molecular formula is C13H18N2O2. The quantitative estimate of drug-likeness (QED) is 0.626. The van der Waals surface area contributed by atoms with Gasteiger partial charge in [-0.3, -0.25) is 10.1 Å². The number of nitrogens with zero attached hydrogens (tertiary/aromatic N) is 1. The van der Waals surface area contributed by atoms with E-state index in [0.717, 1.165) is 23.6 Å². The first-order chi connectivity index (χ1) is 8.04.